The van der Waals surface area contributed by atoms with E-state index in [0.717, 1.165) is 14.8 Å². The predicted octanol–water partition coefficient (Wildman–Crippen LogP) is 5.57. The Balaban J connectivity index is 2.20. The minimum absolute atomic E-state index is 0.00680. The summed E-state index contributed by atoms with van der Waals surface area (Å²) >= 11 is 8.39. The average Bonchev–Trinajstić information content (AvgIpc) is 2.36. The number of hydrogen-bond donors (Lipinski definition) is 1. The van der Waals surface area contributed by atoms with E-state index in [4.69, 9.17) is 11.6 Å². The largest absolute Gasteiger partial charge is 0.377 e. The SMILES string of the molecule is Cc1ccc(C(C)Nc2ccc(I)cc2Cl)cc1F. The van der Waals surface area contributed by atoms with Crippen molar-refractivity contribution in [2.24, 2.45) is 0 Å². The zero-order chi connectivity index (χ0) is 14.0. The van der Waals surface area contributed by atoms with Crippen molar-refractivity contribution >= 4 is 39.9 Å². The number of halogens is 3. The van der Waals surface area contributed by atoms with Crippen molar-refractivity contribution in [1.82, 2.24) is 0 Å². The standard InChI is InChI=1S/C15H14ClFIN/c1-9-3-4-11(7-14(9)17)10(2)19-15-6-5-12(18)8-13(15)16/h3-8,10,19H,1-2H3. The molecule has 1 atom stereocenters. The Hall–Kier alpha value is -0.810. The third kappa shape index (κ3) is 3.60. The van der Waals surface area contributed by atoms with Crippen molar-refractivity contribution in [2.75, 3.05) is 5.32 Å². The van der Waals surface area contributed by atoms with Crippen LogP contribution in [-0.4, -0.2) is 0 Å². The van der Waals surface area contributed by atoms with Crippen molar-refractivity contribution in [2.45, 2.75) is 19.9 Å². The maximum absolute atomic E-state index is 13.6. The van der Waals surface area contributed by atoms with Crippen LogP contribution in [0.15, 0.2) is 36.4 Å². The van der Waals surface area contributed by atoms with Crippen LogP contribution < -0.4 is 5.32 Å². The van der Waals surface area contributed by atoms with Gasteiger partial charge in [0.15, 0.2) is 0 Å². The molecule has 1 nitrogen and oxygen atoms in total. The Bertz CT molecular complexity index is 601. The highest BCUT2D eigenvalue weighted by molar-refractivity contribution is 14.1. The minimum Gasteiger partial charge on any atom is -0.377 e. The van der Waals surface area contributed by atoms with Gasteiger partial charge in [0.05, 0.1) is 10.7 Å². The first kappa shape index (κ1) is 14.6. The van der Waals surface area contributed by atoms with E-state index in [1.54, 1.807) is 19.1 Å². The molecule has 0 saturated carbocycles. The summed E-state index contributed by atoms with van der Waals surface area (Å²) in [5.41, 5.74) is 2.41. The average molecular weight is 390 g/mol. The molecule has 0 radical (unpaired) electrons. The Morgan fingerprint density at radius 1 is 1.21 bits per heavy atom. The summed E-state index contributed by atoms with van der Waals surface area (Å²) in [6, 6.07) is 11.1. The van der Waals surface area contributed by atoms with Gasteiger partial charge in [-0.1, -0.05) is 23.7 Å². The number of nitrogens with one attached hydrogen (secondary N) is 1. The molecule has 0 heterocycles. The lowest BCUT2D eigenvalue weighted by atomic mass is 10.1. The molecule has 2 aromatic carbocycles. The molecule has 0 aliphatic heterocycles. The van der Waals surface area contributed by atoms with Crippen molar-refractivity contribution in [3.05, 3.63) is 61.9 Å². The van der Waals surface area contributed by atoms with Crippen LogP contribution >= 0.6 is 34.2 Å². The van der Waals surface area contributed by atoms with Gasteiger partial charge in [-0.2, -0.15) is 0 Å². The zero-order valence-corrected chi connectivity index (χ0v) is 13.6. The van der Waals surface area contributed by atoms with Gasteiger partial charge in [0, 0.05) is 9.61 Å². The molecule has 19 heavy (non-hydrogen) atoms. The van der Waals surface area contributed by atoms with E-state index in [9.17, 15) is 4.39 Å². The molecule has 0 fully saturated rings. The van der Waals surface area contributed by atoms with E-state index >= 15 is 0 Å². The molecule has 100 valence electrons. The van der Waals surface area contributed by atoms with Crippen molar-refractivity contribution in [3.63, 3.8) is 0 Å². The fourth-order valence-electron chi connectivity index (χ4n) is 1.80. The molecule has 1 N–H and O–H groups in total. The zero-order valence-electron chi connectivity index (χ0n) is 10.7. The summed E-state index contributed by atoms with van der Waals surface area (Å²) in [4.78, 5) is 0. The van der Waals surface area contributed by atoms with Gasteiger partial charge in [-0.3, -0.25) is 0 Å². The van der Waals surface area contributed by atoms with Gasteiger partial charge in [-0.15, -0.1) is 0 Å². The molecule has 0 amide bonds. The minimum atomic E-state index is -0.181. The predicted molar refractivity (Wildman–Crippen MR) is 87.3 cm³/mol. The molecule has 2 aromatic rings. The molecule has 0 aliphatic carbocycles. The lowest BCUT2D eigenvalue weighted by Gasteiger charge is -2.17. The Morgan fingerprint density at radius 3 is 2.58 bits per heavy atom. The monoisotopic (exact) mass is 389 g/mol. The van der Waals surface area contributed by atoms with E-state index in [0.29, 0.717) is 10.6 Å². The molecule has 0 spiro atoms. The Kier molecular flexibility index (Phi) is 4.68. The number of benzene rings is 2. The summed E-state index contributed by atoms with van der Waals surface area (Å²) in [5.74, 6) is -0.181. The molecule has 0 bridgehead atoms. The first-order valence-electron chi connectivity index (χ1n) is 5.95. The number of hydrogen-bond acceptors (Lipinski definition) is 1. The van der Waals surface area contributed by atoms with E-state index in [1.165, 1.54) is 0 Å². The third-order valence-electron chi connectivity index (χ3n) is 3.00. The molecule has 0 aromatic heterocycles. The van der Waals surface area contributed by atoms with Gasteiger partial charge in [0.2, 0.25) is 0 Å². The van der Waals surface area contributed by atoms with Crippen LogP contribution in [0.3, 0.4) is 0 Å². The third-order valence-corrected chi connectivity index (χ3v) is 3.98. The van der Waals surface area contributed by atoms with Crippen LogP contribution in [0, 0.1) is 16.3 Å². The summed E-state index contributed by atoms with van der Waals surface area (Å²) in [7, 11) is 0. The second-order valence-electron chi connectivity index (χ2n) is 4.50. The lowest BCUT2D eigenvalue weighted by molar-refractivity contribution is 0.614. The first-order valence-corrected chi connectivity index (χ1v) is 7.40. The first-order chi connectivity index (χ1) is 8.97. The van der Waals surface area contributed by atoms with Gasteiger partial charge in [0.25, 0.3) is 0 Å². The van der Waals surface area contributed by atoms with Gasteiger partial charge < -0.3 is 5.32 Å². The molecule has 4 heteroatoms. The Labute approximate surface area is 131 Å². The number of aryl methyl sites for hydroxylation is 1. The highest BCUT2D eigenvalue weighted by Gasteiger charge is 2.09. The van der Waals surface area contributed by atoms with Gasteiger partial charge in [0.1, 0.15) is 5.82 Å². The Morgan fingerprint density at radius 2 is 1.95 bits per heavy atom. The lowest BCUT2D eigenvalue weighted by Crippen LogP contribution is -2.07. The smallest absolute Gasteiger partial charge is 0.126 e. The van der Waals surface area contributed by atoms with Crippen molar-refractivity contribution in [3.8, 4) is 0 Å². The van der Waals surface area contributed by atoms with Crippen LogP contribution in [0.4, 0.5) is 10.1 Å². The van der Waals surface area contributed by atoms with Crippen LogP contribution in [0.2, 0.25) is 5.02 Å². The van der Waals surface area contributed by atoms with Crippen LogP contribution in [-0.2, 0) is 0 Å². The highest BCUT2D eigenvalue weighted by Crippen LogP contribution is 2.28. The molecule has 2 rings (SSSR count). The van der Waals surface area contributed by atoms with Crippen LogP contribution in [0.5, 0.6) is 0 Å². The molecular weight excluding hydrogens is 376 g/mol. The maximum Gasteiger partial charge on any atom is 0.126 e. The van der Waals surface area contributed by atoms with E-state index < -0.39 is 0 Å². The summed E-state index contributed by atoms with van der Waals surface area (Å²) in [6.45, 7) is 3.74. The van der Waals surface area contributed by atoms with E-state index in [-0.39, 0.29) is 11.9 Å². The second-order valence-corrected chi connectivity index (χ2v) is 6.15. The van der Waals surface area contributed by atoms with Crippen LogP contribution in [0.1, 0.15) is 24.1 Å². The van der Waals surface area contributed by atoms with Crippen molar-refractivity contribution < 1.29 is 4.39 Å². The fourth-order valence-corrected chi connectivity index (χ4v) is 2.71. The second kappa shape index (κ2) is 6.09. The molecule has 0 saturated heterocycles. The normalized spacial score (nSPS) is 12.3. The topological polar surface area (TPSA) is 12.0 Å². The van der Waals surface area contributed by atoms with E-state index in [2.05, 4.69) is 27.9 Å². The van der Waals surface area contributed by atoms with Crippen molar-refractivity contribution in [1.29, 1.82) is 0 Å². The van der Waals surface area contributed by atoms with Crippen LogP contribution in [0.25, 0.3) is 0 Å². The number of rotatable bonds is 3. The number of anilines is 1. The molecule has 1 unspecified atom stereocenters. The fraction of sp³-hybridized carbons (Fsp3) is 0.200. The van der Waals surface area contributed by atoms with Gasteiger partial charge in [-0.25, -0.2) is 4.39 Å². The van der Waals surface area contributed by atoms with Gasteiger partial charge >= 0.3 is 0 Å². The highest BCUT2D eigenvalue weighted by atomic mass is 127. The summed E-state index contributed by atoms with van der Waals surface area (Å²) in [6.07, 6.45) is 0. The van der Waals surface area contributed by atoms with E-state index in [1.807, 2.05) is 31.2 Å². The summed E-state index contributed by atoms with van der Waals surface area (Å²) in [5, 5.41) is 3.97. The molecular formula is C15H14ClFIN. The summed E-state index contributed by atoms with van der Waals surface area (Å²) < 4.78 is 14.6. The maximum atomic E-state index is 13.6. The van der Waals surface area contributed by atoms with Gasteiger partial charge in [-0.05, 0) is 71.8 Å². The quantitative estimate of drug-likeness (QED) is 0.677. The molecule has 0 aliphatic rings.